The molecule has 3 heteroatoms. The van der Waals surface area contributed by atoms with E-state index in [2.05, 4.69) is 5.73 Å². The molecule has 0 fully saturated rings. The highest BCUT2D eigenvalue weighted by atomic mass is 35.5. The Morgan fingerprint density at radius 1 is 1.18 bits per heavy atom. The van der Waals surface area contributed by atoms with Crippen LogP contribution < -0.4 is 0 Å². The molecule has 0 atom stereocenters. The minimum absolute atomic E-state index is 0.197. The van der Waals surface area contributed by atoms with Crippen molar-refractivity contribution < 1.29 is 0 Å². The van der Waals surface area contributed by atoms with Gasteiger partial charge in [0.05, 0.1) is 0 Å². The Hall–Kier alpha value is 0.390. The second-order valence-electron chi connectivity index (χ2n) is 2.15. The molecule has 64 valence electrons. The van der Waals surface area contributed by atoms with Crippen molar-refractivity contribution in [2.24, 2.45) is 0 Å². The molecule has 0 aromatic rings. The van der Waals surface area contributed by atoms with Gasteiger partial charge in [-0.3, -0.25) is 0 Å². The number of hydrogen-bond donors (Lipinski definition) is 0. The van der Waals surface area contributed by atoms with Gasteiger partial charge in [0, 0.05) is 5.88 Å². The number of rotatable bonds is 5. The van der Waals surface area contributed by atoms with Crippen LogP contribution in [-0.2, 0) is 0 Å². The summed E-state index contributed by atoms with van der Waals surface area (Å²) in [7, 11) is 0. The summed E-state index contributed by atoms with van der Waals surface area (Å²) in [5.41, 5.74) is 2.71. The van der Waals surface area contributed by atoms with Gasteiger partial charge in [-0.25, -0.2) is 0 Å². The lowest BCUT2D eigenvalue weighted by Crippen LogP contribution is -1.75. The monoisotopic (exact) mass is 212 g/mol. The van der Waals surface area contributed by atoms with Crippen LogP contribution in [0.5, 0.6) is 0 Å². The third kappa shape index (κ3) is 10.4. The van der Waals surface area contributed by atoms with Crippen LogP contribution in [0.25, 0.3) is 0 Å². The normalized spacial score (nSPS) is 9.00. The van der Waals surface area contributed by atoms with Gasteiger partial charge >= 0.3 is 0 Å². The summed E-state index contributed by atoms with van der Waals surface area (Å²) in [5.74, 6) is 0.746. The largest absolute Gasteiger partial charge is 0.148 e. The first-order valence-corrected chi connectivity index (χ1v) is 4.88. The van der Waals surface area contributed by atoms with E-state index >= 15 is 0 Å². The van der Waals surface area contributed by atoms with Crippen molar-refractivity contribution in [2.45, 2.75) is 25.7 Å². The van der Waals surface area contributed by atoms with Crippen LogP contribution in [0.15, 0.2) is 16.3 Å². The lowest BCUT2D eigenvalue weighted by molar-refractivity contribution is 0.733. The van der Waals surface area contributed by atoms with Crippen LogP contribution in [0, 0.1) is 0 Å². The molecule has 0 rings (SSSR count). The molecule has 0 heterocycles. The quantitative estimate of drug-likeness (QED) is 0.364. The van der Waals surface area contributed by atoms with Crippen molar-refractivity contribution in [1.82, 2.24) is 0 Å². The number of unbranched alkanes of at least 4 members (excludes halogenated alkanes) is 3. The van der Waals surface area contributed by atoms with Crippen LogP contribution >= 0.6 is 34.8 Å². The predicted octanol–water partition coefficient (Wildman–Crippen LogP) is 4.26. The highest BCUT2D eigenvalue weighted by Crippen LogP contribution is 2.05. The topological polar surface area (TPSA) is 0 Å². The molecule has 0 aromatic carbocycles. The standard InChI is InChI=1S/C8H11Cl3/c9-7-5-3-1-2-4-6-8(10)11/h4H,1-3,5,7H2. The molecule has 0 aliphatic rings. The van der Waals surface area contributed by atoms with Gasteiger partial charge in [-0.05, 0) is 25.3 Å². The van der Waals surface area contributed by atoms with Gasteiger partial charge in [-0.15, -0.1) is 11.6 Å². The Morgan fingerprint density at radius 2 is 1.91 bits per heavy atom. The zero-order chi connectivity index (χ0) is 8.53. The minimum Gasteiger partial charge on any atom is -0.127 e. The summed E-state index contributed by atoms with van der Waals surface area (Å²) in [6.07, 6.45) is 6.18. The fourth-order valence-electron chi connectivity index (χ4n) is 0.667. The van der Waals surface area contributed by atoms with E-state index in [-0.39, 0.29) is 4.49 Å². The van der Waals surface area contributed by atoms with Crippen LogP contribution in [0.2, 0.25) is 0 Å². The zero-order valence-corrected chi connectivity index (χ0v) is 8.51. The summed E-state index contributed by atoms with van der Waals surface area (Å²) in [4.78, 5) is 0. The molecule has 0 N–H and O–H groups in total. The summed E-state index contributed by atoms with van der Waals surface area (Å²) >= 11 is 16.2. The van der Waals surface area contributed by atoms with Gasteiger partial charge in [0.15, 0.2) is 0 Å². The molecule has 0 aliphatic heterocycles. The average Bonchev–Trinajstić information content (AvgIpc) is 1.96. The van der Waals surface area contributed by atoms with Crippen LogP contribution in [0.3, 0.4) is 0 Å². The highest BCUT2D eigenvalue weighted by molar-refractivity contribution is 6.55. The van der Waals surface area contributed by atoms with Crippen LogP contribution in [0.4, 0.5) is 0 Å². The molecule has 0 aromatic heterocycles. The second kappa shape index (κ2) is 8.49. The Morgan fingerprint density at radius 3 is 2.45 bits per heavy atom. The van der Waals surface area contributed by atoms with E-state index < -0.39 is 0 Å². The smallest absolute Gasteiger partial charge is 0.127 e. The maximum Gasteiger partial charge on any atom is 0.148 e. The predicted molar refractivity (Wildman–Crippen MR) is 52.5 cm³/mol. The summed E-state index contributed by atoms with van der Waals surface area (Å²) in [6, 6.07) is 0. The number of halogens is 3. The van der Waals surface area contributed by atoms with E-state index in [4.69, 9.17) is 34.8 Å². The average molecular weight is 214 g/mol. The SMILES string of the molecule is ClCCCCCC=C=C(Cl)Cl. The van der Waals surface area contributed by atoms with Gasteiger partial charge in [-0.1, -0.05) is 35.4 Å². The Bertz CT molecular complexity index is 141. The van der Waals surface area contributed by atoms with Gasteiger partial charge in [0.1, 0.15) is 4.49 Å². The van der Waals surface area contributed by atoms with E-state index in [1.807, 2.05) is 6.08 Å². The maximum absolute atomic E-state index is 5.49. The van der Waals surface area contributed by atoms with Crippen molar-refractivity contribution in [3.63, 3.8) is 0 Å². The molecule has 11 heavy (non-hydrogen) atoms. The van der Waals surface area contributed by atoms with E-state index in [0.29, 0.717) is 0 Å². The molecule has 0 spiro atoms. The fraction of sp³-hybridized carbons (Fsp3) is 0.625. The van der Waals surface area contributed by atoms with Crippen LogP contribution in [-0.4, -0.2) is 5.88 Å². The molecule has 0 bridgehead atoms. The number of alkyl halides is 1. The van der Waals surface area contributed by atoms with Crippen molar-refractivity contribution in [2.75, 3.05) is 5.88 Å². The van der Waals surface area contributed by atoms with E-state index in [0.717, 1.165) is 31.6 Å². The van der Waals surface area contributed by atoms with E-state index in [1.54, 1.807) is 0 Å². The first-order valence-electron chi connectivity index (χ1n) is 3.59. The third-order valence-electron chi connectivity index (χ3n) is 1.19. The molecule has 0 nitrogen and oxygen atoms in total. The van der Waals surface area contributed by atoms with Gasteiger partial charge in [0.2, 0.25) is 0 Å². The van der Waals surface area contributed by atoms with Crippen LogP contribution in [0.1, 0.15) is 25.7 Å². The first-order chi connectivity index (χ1) is 5.27. The lowest BCUT2D eigenvalue weighted by Gasteiger charge is -1.91. The Balaban J connectivity index is 3.21. The van der Waals surface area contributed by atoms with Crippen molar-refractivity contribution >= 4 is 34.8 Å². The maximum atomic E-state index is 5.49. The number of allylic oxidation sites excluding steroid dienone is 1. The first kappa shape index (κ1) is 11.4. The van der Waals surface area contributed by atoms with Crippen molar-refractivity contribution in [1.29, 1.82) is 0 Å². The van der Waals surface area contributed by atoms with Gasteiger partial charge < -0.3 is 0 Å². The molecular weight excluding hydrogens is 202 g/mol. The summed E-state index contributed by atoms with van der Waals surface area (Å²) < 4.78 is 0.197. The Kier molecular flexibility index (Phi) is 8.79. The van der Waals surface area contributed by atoms with E-state index in [1.165, 1.54) is 0 Å². The minimum atomic E-state index is 0.197. The second-order valence-corrected chi connectivity index (χ2v) is 3.47. The summed E-state index contributed by atoms with van der Waals surface area (Å²) in [6.45, 7) is 0. The van der Waals surface area contributed by atoms with Crippen molar-refractivity contribution in [3.8, 4) is 0 Å². The Labute approximate surface area is 82.8 Å². The molecule has 0 amide bonds. The number of hydrogen-bond acceptors (Lipinski definition) is 0. The third-order valence-corrected chi connectivity index (χ3v) is 1.68. The molecule has 0 radical (unpaired) electrons. The molecule has 0 saturated heterocycles. The summed E-state index contributed by atoms with van der Waals surface area (Å²) in [5, 5.41) is 0. The van der Waals surface area contributed by atoms with E-state index in [9.17, 15) is 0 Å². The fourth-order valence-corrected chi connectivity index (χ4v) is 1.01. The molecular formula is C8H11Cl3. The van der Waals surface area contributed by atoms with Gasteiger partial charge in [0.25, 0.3) is 0 Å². The molecule has 0 saturated carbocycles. The lowest BCUT2D eigenvalue weighted by atomic mass is 10.2. The molecule has 0 aliphatic carbocycles. The molecule has 0 unspecified atom stereocenters. The van der Waals surface area contributed by atoms with Gasteiger partial charge in [-0.2, -0.15) is 0 Å². The zero-order valence-electron chi connectivity index (χ0n) is 6.25. The highest BCUT2D eigenvalue weighted by Gasteiger charge is 1.84. The van der Waals surface area contributed by atoms with Crippen molar-refractivity contribution in [3.05, 3.63) is 16.3 Å².